The molecule has 0 aliphatic heterocycles. The van der Waals surface area contributed by atoms with Gasteiger partial charge in [-0.3, -0.25) is 9.78 Å². The number of hydrogen-bond donors (Lipinski definition) is 1. The van der Waals surface area contributed by atoms with Gasteiger partial charge in [-0.15, -0.1) is 5.10 Å². The van der Waals surface area contributed by atoms with Crippen molar-refractivity contribution in [3.63, 3.8) is 0 Å². The molecule has 8 heteroatoms. The Balaban J connectivity index is 1.37. The van der Waals surface area contributed by atoms with Gasteiger partial charge >= 0.3 is 0 Å². The largest absolute Gasteiger partial charge is 0.352 e. The van der Waals surface area contributed by atoms with Crippen LogP contribution in [-0.4, -0.2) is 31.1 Å². The number of halogens is 1. The average Bonchev–Trinajstić information content (AvgIpc) is 3.32. The van der Waals surface area contributed by atoms with E-state index >= 15 is 0 Å². The topological polar surface area (TPSA) is 85.6 Å². The summed E-state index contributed by atoms with van der Waals surface area (Å²) in [6.45, 7) is 0.419. The van der Waals surface area contributed by atoms with E-state index in [4.69, 9.17) is 11.6 Å². The van der Waals surface area contributed by atoms with Crippen LogP contribution in [0.5, 0.6) is 0 Å². The van der Waals surface area contributed by atoms with Crippen molar-refractivity contribution in [3.05, 3.63) is 89.5 Å². The number of pyridine rings is 1. The Hall–Kier alpha value is -3.58. The maximum Gasteiger partial charge on any atom is 0.220 e. The van der Waals surface area contributed by atoms with E-state index in [1.54, 1.807) is 16.9 Å². The molecule has 0 unspecified atom stereocenters. The Morgan fingerprint density at radius 2 is 1.90 bits per heavy atom. The number of nitrogens with zero attached hydrogens (tertiary/aromatic N) is 5. The molecule has 30 heavy (non-hydrogen) atoms. The highest BCUT2D eigenvalue weighted by molar-refractivity contribution is 6.30. The average molecular weight is 419 g/mol. The monoisotopic (exact) mass is 418 g/mol. The van der Waals surface area contributed by atoms with Crippen molar-refractivity contribution >= 4 is 17.5 Å². The van der Waals surface area contributed by atoms with Gasteiger partial charge in [-0.2, -0.15) is 0 Å². The number of aryl methyl sites for hydroxylation is 1. The Morgan fingerprint density at radius 1 is 1.03 bits per heavy atom. The van der Waals surface area contributed by atoms with Crippen LogP contribution in [0.4, 0.5) is 0 Å². The molecule has 2 aromatic carbocycles. The van der Waals surface area contributed by atoms with Crippen LogP contribution in [0.15, 0.2) is 73.3 Å². The first-order valence-electron chi connectivity index (χ1n) is 9.47. The molecule has 0 radical (unpaired) electrons. The van der Waals surface area contributed by atoms with E-state index in [1.807, 2.05) is 54.7 Å². The quantitative estimate of drug-likeness (QED) is 0.495. The van der Waals surface area contributed by atoms with Crippen molar-refractivity contribution in [3.8, 4) is 16.8 Å². The van der Waals surface area contributed by atoms with Gasteiger partial charge in [-0.1, -0.05) is 41.9 Å². The predicted octanol–water partition coefficient (Wildman–Crippen LogP) is 3.63. The molecule has 1 N–H and O–H groups in total. The van der Waals surface area contributed by atoms with Gasteiger partial charge in [0.1, 0.15) is 6.33 Å². The molecule has 150 valence electrons. The smallest absolute Gasteiger partial charge is 0.220 e. The molecule has 4 aromatic rings. The molecule has 0 saturated carbocycles. The van der Waals surface area contributed by atoms with Crippen LogP contribution in [0.3, 0.4) is 0 Å². The van der Waals surface area contributed by atoms with E-state index in [0.717, 1.165) is 27.9 Å². The fourth-order valence-electron chi connectivity index (χ4n) is 3.16. The number of carbonyl (C=O) groups is 1. The molecule has 0 bridgehead atoms. The minimum absolute atomic E-state index is 0.0530. The van der Waals surface area contributed by atoms with Gasteiger partial charge in [0.15, 0.2) is 0 Å². The summed E-state index contributed by atoms with van der Waals surface area (Å²) in [4.78, 5) is 16.7. The summed E-state index contributed by atoms with van der Waals surface area (Å²) in [7, 11) is 0. The lowest BCUT2D eigenvalue weighted by Crippen LogP contribution is -2.23. The summed E-state index contributed by atoms with van der Waals surface area (Å²) in [5.41, 5.74) is 4.76. The van der Waals surface area contributed by atoms with Crippen molar-refractivity contribution in [2.45, 2.75) is 19.4 Å². The normalized spacial score (nSPS) is 10.7. The first-order valence-corrected chi connectivity index (χ1v) is 9.85. The van der Waals surface area contributed by atoms with Crippen LogP contribution in [0.25, 0.3) is 16.8 Å². The molecular formula is C22H19ClN6O. The van der Waals surface area contributed by atoms with Gasteiger partial charge < -0.3 is 5.32 Å². The van der Waals surface area contributed by atoms with Crippen LogP contribution < -0.4 is 5.32 Å². The minimum atomic E-state index is -0.0530. The number of rotatable bonds is 7. The van der Waals surface area contributed by atoms with Crippen LogP contribution in [0, 0.1) is 0 Å². The SMILES string of the molecule is O=C(CCc1cc(Cl)ccc1-n1cnnn1)NCc1cncc(-c2ccccc2)c1. The Kier molecular flexibility index (Phi) is 6.10. The van der Waals surface area contributed by atoms with Gasteiger partial charge in [0.25, 0.3) is 0 Å². The highest BCUT2D eigenvalue weighted by atomic mass is 35.5. The standard InChI is InChI=1S/C22H19ClN6O/c23-20-7-8-21(29-15-26-27-28-29)18(11-20)6-9-22(30)25-13-16-10-19(14-24-12-16)17-4-2-1-3-5-17/h1-5,7-8,10-12,14-15H,6,9,13H2,(H,25,30). The third-order valence-electron chi connectivity index (χ3n) is 4.65. The number of tetrazole rings is 1. The number of carbonyl (C=O) groups excluding carboxylic acids is 1. The van der Waals surface area contributed by atoms with Gasteiger partial charge in [0.2, 0.25) is 5.91 Å². The van der Waals surface area contributed by atoms with E-state index in [0.29, 0.717) is 24.4 Å². The third-order valence-corrected chi connectivity index (χ3v) is 4.89. The second-order valence-electron chi connectivity index (χ2n) is 6.75. The van der Waals surface area contributed by atoms with Gasteiger partial charge in [-0.25, -0.2) is 4.68 Å². The fraction of sp³-hybridized carbons (Fsp3) is 0.136. The van der Waals surface area contributed by atoms with E-state index in [2.05, 4.69) is 25.8 Å². The maximum absolute atomic E-state index is 12.4. The summed E-state index contributed by atoms with van der Waals surface area (Å²) in [6.07, 6.45) is 5.94. The number of amides is 1. The summed E-state index contributed by atoms with van der Waals surface area (Å²) < 4.78 is 1.56. The molecule has 0 aliphatic carbocycles. The molecule has 2 aromatic heterocycles. The van der Waals surface area contributed by atoms with E-state index in [9.17, 15) is 4.79 Å². The number of hydrogen-bond acceptors (Lipinski definition) is 5. The van der Waals surface area contributed by atoms with Crippen LogP contribution >= 0.6 is 11.6 Å². The first kappa shape index (κ1) is 19.7. The molecule has 4 rings (SSSR count). The Morgan fingerprint density at radius 3 is 2.70 bits per heavy atom. The molecule has 0 atom stereocenters. The lowest BCUT2D eigenvalue weighted by atomic mass is 10.1. The van der Waals surface area contributed by atoms with Crippen molar-refractivity contribution in [1.82, 2.24) is 30.5 Å². The molecular weight excluding hydrogens is 400 g/mol. The minimum Gasteiger partial charge on any atom is -0.352 e. The van der Waals surface area contributed by atoms with Crippen molar-refractivity contribution in [1.29, 1.82) is 0 Å². The van der Waals surface area contributed by atoms with E-state index < -0.39 is 0 Å². The lowest BCUT2D eigenvalue weighted by molar-refractivity contribution is -0.121. The zero-order valence-electron chi connectivity index (χ0n) is 16.1. The van der Waals surface area contributed by atoms with E-state index in [-0.39, 0.29) is 5.91 Å². The Bertz CT molecular complexity index is 1130. The molecule has 0 saturated heterocycles. The summed E-state index contributed by atoms with van der Waals surface area (Å²) >= 11 is 6.13. The maximum atomic E-state index is 12.4. The molecule has 0 aliphatic rings. The zero-order valence-corrected chi connectivity index (χ0v) is 16.8. The summed E-state index contributed by atoms with van der Waals surface area (Å²) in [5, 5.41) is 14.8. The van der Waals surface area contributed by atoms with Gasteiger partial charge in [0.05, 0.1) is 5.69 Å². The van der Waals surface area contributed by atoms with E-state index in [1.165, 1.54) is 6.33 Å². The van der Waals surface area contributed by atoms with Gasteiger partial charge in [0, 0.05) is 35.9 Å². The van der Waals surface area contributed by atoms with Crippen LogP contribution in [0.2, 0.25) is 5.02 Å². The summed E-state index contributed by atoms with van der Waals surface area (Å²) in [5.74, 6) is -0.0530. The van der Waals surface area contributed by atoms with Crippen molar-refractivity contribution < 1.29 is 4.79 Å². The lowest BCUT2D eigenvalue weighted by Gasteiger charge is -2.10. The third kappa shape index (κ3) is 4.87. The molecule has 7 nitrogen and oxygen atoms in total. The summed E-state index contributed by atoms with van der Waals surface area (Å²) in [6, 6.07) is 17.5. The highest BCUT2D eigenvalue weighted by Crippen LogP contribution is 2.21. The number of benzene rings is 2. The zero-order chi connectivity index (χ0) is 20.8. The Labute approximate surface area is 178 Å². The predicted molar refractivity (Wildman–Crippen MR) is 114 cm³/mol. The number of aromatic nitrogens is 5. The van der Waals surface area contributed by atoms with Crippen LogP contribution in [0.1, 0.15) is 17.5 Å². The first-order chi connectivity index (χ1) is 14.7. The number of nitrogens with one attached hydrogen (secondary N) is 1. The molecule has 0 spiro atoms. The molecule has 0 fully saturated rings. The van der Waals surface area contributed by atoms with Crippen LogP contribution in [-0.2, 0) is 17.8 Å². The van der Waals surface area contributed by atoms with Gasteiger partial charge in [-0.05, 0) is 57.8 Å². The molecule has 1 amide bonds. The highest BCUT2D eigenvalue weighted by Gasteiger charge is 2.10. The second kappa shape index (κ2) is 9.28. The molecule has 2 heterocycles. The van der Waals surface area contributed by atoms with Crippen molar-refractivity contribution in [2.24, 2.45) is 0 Å². The van der Waals surface area contributed by atoms with Crippen molar-refractivity contribution in [2.75, 3.05) is 0 Å². The fourth-order valence-corrected chi connectivity index (χ4v) is 3.35. The second-order valence-corrected chi connectivity index (χ2v) is 7.19.